The molecule has 0 unspecified atom stereocenters. The van der Waals surface area contributed by atoms with Crippen LogP contribution in [0.2, 0.25) is 0 Å². The molecule has 0 saturated carbocycles. The number of benzene rings is 1. The Labute approximate surface area is 90.1 Å². The van der Waals surface area contributed by atoms with Gasteiger partial charge in [0.2, 0.25) is 0 Å². The van der Waals surface area contributed by atoms with E-state index in [1.54, 1.807) is 0 Å². The van der Waals surface area contributed by atoms with Crippen molar-refractivity contribution < 1.29 is 0 Å². The molecule has 0 spiro atoms. The van der Waals surface area contributed by atoms with Crippen LogP contribution >= 0.6 is 0 Å². The quantitative estimate of drug-likeness (QED) is 0.399. The van der Waals surface area contributed by atoms with Gasteiger partial charge in [-0.05, 0) is 22.6 Å². The summed E-state index contributed by atoms with van der Waals surface area (Å²) in [6.45, 7) is 4.74. The summed E-state index contributed by atoms with van der Waals surface area (Å²) in [7, 11) is 0. The van der Waals surface area contributed by atoms with E-state index in [4.69, 9.17) is 5.53 Å². The normalized spacial score (nSPS) is 10.6. The second-order valence-corrected chi connectivity index (χ2v) is 3.64. The highest BCUT2D eigenvalue weighted by atomic mass is 15.1. The molecule has 0 atom stereocenters. The smallest absolute Gasteiger partial charge is 0.0443 e. The van der Waals surface area contributed by atoms with Gasteiger partial charge in [0.05, 0.1) is 0 Å². The first-order chi connectivity index (χ1) is 7.24. The molecule has 0 aromatic heterocycles. The molecule has 0 amide bonds. The fourth-order valence-corrected chi connectivity index (χ4v) is 1.29. The predicted octanol–water partition coefficient (Wildman–Crippen LogP) is 4.13. The van der Waals surface area contributed by atoms with E-state index in [2.05, 4.69) is 36.0 Å². The topological polar surface area (TPSA) is 48.8 Å². The molecule has 3 heteroatoms. The highest BCUT2D eigenvalue weighted by molar-refractivity contribution is 5.50. The summed E-state index contributed by atoms with van der Waals surface area (Å²) in [4.78, 5) is 2.69. The molecule has 1 rings (SSSR count). The van der Waals surface area contributed by atoms with Crippen LogP contribution in [-0.2, 0) is 0 Å². The number of rotatable bonds is 4. The van der Waals surface area contributed by atoms with Gasteiger partial charge in [0.15, 0.2) is 0 Å². The van der Waals surface area contributed by atoms with Crippen LogP contribution in [0, 0.1) is 0 Å². The summed E-state index contributed by atoms with van der Waals surface area (Å²) in [5, 5.41) is 3.44. The Kier molecular flexibility index (Phi) is 4.45. The van der Waals surface area contributed by atoms with Crippen molar-refractivity contribution >= 4 is 6.08 Å². The van der Waals surface area contributed by atoms with Gasteiger partial charge in [-0.1, -0.05) is 55.4 Å². The zero-order chi connectivity index (χ0) is 11.1. The van der Waals surface area contributed by atoms with Crippen molar-refractivity contribution in [3.05, 3.63) is 51.9 Å². The van der Waals surface area contributed by atoms with E-state index in [0.717, 1.165) is 5.56 Å². The van der Waals surface area contributed by atoms with Crippen LogP contribution in [0.5, 0.6) is 0 Å². The average Bonchev–Trinajstić information content (AvgIpc) is 2.25. The first-order valence-electron chi connectivity index (χ1n) is 5.01. The lowest BCUT2D eigenvalue weighted by Crippen LogP contribution is -1.86. The van der Waals surface area contributed by atoms with Gasteiger partial charge < -0.3 is 0 Å². The molecule has 0 aliphatic carbocycles. The molecule has 0 bridgehead atoms. The van der Waals surface area contributed by atoms with E-state index in [0.29, 0.717) is 12.5 Å². The summed E-state index contributed by atoms with van der Waals surface area (Å²) in [5.41, 5.74) is 10.6. The van der Waals surface area contributed by atoms with Crippen molar-refractivity contribution in [1.82, 2.24) is 0 Å². The average molecular weight is 201 g/mol. The van der Waals surface area contributed by atoms with Crippen LogP contribution in [0.3, 0.4) is 0 Å². The van der Waals surface area contributed by atoms with Gasteiger partial charge in [-0.15, -0.1) is 0 Å². The maximum atomic E-state index is 8.10. The first-order valence-corrected chi connectivity index (χ1v) is 5.01. The zero-order valence-corrected chi connectivity index (χ0v) is 9.09. The molecule has 78 valence electrons. The lowest BCUT2D eigenvalue weighted by atomic mass is 10.0. The molecule has 15 heavy (non-hydrogen) atoms. The summed E-state index contributed by atoms with van der Waals surface area (Å²) >= 11 is 0. The van der Waals surface area contributed by atoms with Crippen molar-refractivity contribution in [1.29, 1.82) is 0 Å². The molecule has 0 fully saturated rings. The van der Waals surface area contributed by atoms with Crippen molar-refractivity contribution in [2.24, 2.45) is 5.11 Å². The van der Waals surface area contributed by atoms with Gasteiger partial charge in [0, 0.05) is 11.5 Å². The molecule has 1 aromatic rings. The Bertz CT molecular complexity index is 388. The number of hydrogen-bond donors (Lipinski definition) is 0. The second-order valence-electron chi connectivity index (χ2n) is 3.64. The van der Waals surface area contributed by atoms with Gasteiger partial charge in [-0.25, -0.2) is 0 Å². The molecule has 0 heterocycles. The number of hydrogen-bond acceptors (Lipinski definition) is 1. The molecule has 0 radical (unpaired) electrons. The molecule has 0 aliphatic rings. The Hall–Kier alpha value is -1.73. The summed E-state index contributed by atoms with van der Waals surface area (Å²) in [6, 6.07) is 8.35. The largest absolute Gasteiger partial charge is 0.0899 e. The van der Waals surface area contributed by atoms with Crippen LogP contribution in [0.1, 0.15) is 30.9 Å². The highest BCUT2D eigenvalue weighted by Crippen LogP contribution is 2.16. The summed E-state index contributed by atoms with van der Waals surface area (Å²) in [5.74, 6) is 0.537. The van der Waals surface area contributed by atoms with Crippen LogP contribution in [-0.4, -0.2) is 6.54 Å². The highest BCUT2D eigenvalue weighted by Gasteiger charge is 1.97. The Morgan fingerprint density at radius 1 is 1.47 bits per heavy atom. The lowest BCUT2D eigenvalue weighted by molar-refractivity contribution is 0.866. The standard InChI is InChI=1S/C12H15N3/c1-10(2)12-7-3-5-11(9-12)6-4-8-14-15-13/h3-7,9-10H,8H2,1-2H3. The molecule has 0 saturated heterocycles. The Morgan fingerprint density at radius 2 is 2.27 bits per heavy atom. The third kappa shape index (κ3) is 3.88. The predicted molar refractivity (Wildman–Crippen MR) is 63.6 cm³/mol. The molecule has 3 nitrogen and oxygen atoms in total. The van der Waals surface area contributed by atoms with Gasteiger partial charge in [-0.2, -0.15) is 0 Å². The van der Waals surface area contributed by atoms with Gasteiger partial charge >= 0.3 is 0 Å². The van der Waals surface area contributed by atoms with Crippen molar-refractivity contribution in [2.75, 3.05) is 6.54 Å². The van der Waals surface area contributed by atoms with Crippen molar-refractivity contribution in [2.45, 2.75) is 19.8 Å². The van der Waals surface area contributed by atoms with E-state index in [1.807, 2.05) is 24.3 Å². The maximum Gasteiger partial charge on any atom is 0.0443 e. The number of azide groups is 1. The minimum atomic E-state index is 0.405. The molecule has 1 aromatic carbocycles. The second kappa shape index (κ2) is 5.89. The van der Waals surface area contributed by atoms with Gasteiger partial charge in [0.25, 0.3) is 0 Å². The van der Waals surface area contributed by atoms with Gasteiger partial charge in [-0.3, -0.25) is 0 Å². The molecule has 0 aliphatic heterocycles. The minimum Gasteiger partial charge on any atom is -0.0899 e. The minimum absolute atomic E-state index is 0.405. The maximum absolute atomic E-state index is 8.10. The monoisotopic (exact) mass is 201 g/mol. The van der Waals surface area contributed by atoms with E-state index in [1.165, 1.54) is 5.56 Å². The third-order valence-corrected chi connectivity index (χ3v) is 2.14. The fourth-order valence-electron chi connectivity index (χ4n) is 1.29. The van der Waals surface area contributed by atoms with Crippen LogP contribution in [0.25, 0.3) is 16.5 Å². The summed E-state index contributed by atoms with van der Waals surface area (Å²) < 4.78 is 0. The van der Waals surface area contributed by atoms with Crippen molar-refractivity contribution in [3.63, 3.8) is 0 Å². The number of nitrogens with zero attached hydrogens (tertiary/aromatic N) is 3. The first kappa shape index (κ1) is 11.3. The van der Waals surface area contributed by atoms with E-state index in [-0.39, 0.29) is 0 Å². The van der Waals surface area contributed by atoms with E-state index < -0.39 is 0 Å². The van der Waals surface area contributed by atoms with Crippen LogP contribution in [0.15, 0.2) is 35.5 Å². The Morgan fingerprint density at radius 3 is 2.93 bits per heavy atom. The molecular formula is C12H15N3. The SMILES string of the molecule is CC(C)c1cccc(C=CCN=[N+]=[N-])c1. The molecular weight excluding hydrogens is 186 g/mol. The fraction of sp³-hybridized carbons (Fsp3) is 0.333. The summed E-state index contributed by atoms with van der Waals surface area (Å²) in [6.07, 6.45) is 3.83. The molecule has 0 N–H and O–H groups in total. The van der Waals surface area contributed by atoms with E-state index in [9.17, 15) is 0 Å². The lowest BCUT2D eigenvalue weighted by Gasteiger charge is -2.05. The van der Waals surface area contributed by atoms with Crippen LogP contribution < -0.4 is 0 Å². The third-order valence-electron chi connectivity index (χ3n) is 2.14. The van der Waals surface area contributed by atoms with Crippen LogP contribution in [0.4, 0.5) is 0 Å². The van der Waals surface area contributed by atoms with E-state index >= 15 is 0 Å². The zero-order valence-electron chi connectivity index (χ0n) is 9.09. The Balaban J connectivity index is 2.73. The van der Waals surface area contributed by atoms with Crippen molar-refractivity contribution in [3.8, 4) is 0 Å². The van der Waals surface area contributed by atoms with Gasteiger partial charge in [0.1, 0.15) is 0 Å².